The van der Waals surface area contributed by atoms with Crippen LogP contribution in [0, 0.1) is 30.5 Å². The number of aryl methyl sites for hydroxylation is 1. The van der Waals surface area contributed by atoms with Gasteiger partial charge in [0, 0.05) is 37.6 Å². The van der Waals surface area contributed by atoms with Gasteiger partial charge in [0.1, 0.15) is 11.6 Å². The first-order chi connectivity index (χ1) is 15.6. The minimum Gasteiger partial charge on any atom is -0.338 e. The first kappa shape index (κ1) is 20.9. The van der Waals surface area contributed by atoms with Gasteiger partial charge >= 0.3 is 0 Å². The van der Waals surface area contributed by atoms with Crippen molar-refractivity contribution in [2.45, 2.75) is 39.2 Å². The number of fused-ring (bicyclic) bond motifs is 1. The van der Waals surface area contributed by atoms with Gasteiger partial charge in [-0.15, -0.1) is 0 Å². The Labute approximate surface area is 189 Å². The van der Waals surface area contributed by atoms with Gasteiger partial charge in [-0.05, 0) is 73.3 Å². The lowest BCUT2D eigenvalue weighted by Crippen LogP contribution is -2.31. The number of carbonyl (C=O) groups excluding carboxylic acids is 1. The van der Waals surface area contributed by atoms with Crippen molar-refractivity contribution >= 4 is 5.91 Å². The predicted molar refractivity (Wildman–Crippen MR) is 123 cm³/mol. The van der Waals surface area contributed by atoms with Crippen molar-refractivity contribution in [3.8, 4) is 0 Å². The standard InChI is InChI=1S/C27H30FN3O/c1-19-29-12-13-30(19)16-22-7-2-3-11-25(22)27(32)31-17-23-9-5-8-21(26(23)18-31)14-20-6-4-10-24(28)15-20/h2-4,6-7,10-13,15,21,23,26H,5,8-9,14,16-18H2,1H3/t21-,23-,26-/m1/s1. The fourth-order valence-corrected chi connectivity index (χ4v) is 5.77. The third kappa shape index (κ3) is 4.21. The maximum Gasteiger partial charge on any atom is 0.254 e. The summed E-state index contributed by atoms with van der Waals surface area (Å²) >= 11 is 0. The van der Waals surface area contributed by atoms with Crippen LogP contribution in [0.25, 0.3) is 0 Å². The largest absolute Gasteiger partial charge is 0.338 e. The summed E-state index contributed by atoms with van der Waals surface area (Å²) < 4.78 is 15.8. The van der Waals surface area contributed by atoms with Crippen LogP contribution in [0.3, 0.4) is 0 Å². The van der Waals surface area contributed by atoms with Crippen LogP contribution in [0.5, 0.6) is 0 Å². The molecule has 1 aliphatic carbocycles. The smallest absolute Gasteiger partial charge is 0.254 e. The second-order valence-electron chi connectivity index (χ2n) is 9.42. The predicted octanol–water partition coefficient (Wildman–Crippen LogP) is 5.11. The zero-order valence-electron chi connectivity index (χ0n) is 18.6. The number of halogens is 1. The molecule has 166 valence electrons. The van der Waals surface area contributed by atoms with E-state index in [-0.39, 0.29) is 11.7 Å². The van der Waals surface area contributed by atoms with Crippen molar-refractivity contribution < 1.29 is 9.18 Å². The van der Waals surface area contributed by atoms with Crippen LogP contribution in [0.2, 0.25) is 0 Å². The van der Waals surface area contributed by atoms with Crippen LogP contribution < -0.4 is 0 Å². The number of hydrogen-bond acceptors (Lipinski definition) is 2. The van der Waals surface area contributed by atoms with E-state index in [4.69, 9.17) is 0 Å². The van der Waals surface area contributed by atoms with E-state index in [1.54, 1.807) is 18.3 Å². The number of hydrogen-bond donors (Lipinski definition) is 0. The van der Waals surface area contributed by atoms with Gasteiger partial charge in [-0.3, -0.25) is 4.79 Å². The van der Waals surface area contributed by atoms with Crippen LogP contribution in [0.1, 0.15) is 46.6 Å². The van der Waals surface area contributed by atoms with Crippen molar-refractivity contribution in [1.29, 1.82) is 0 Å². The Morgan fingerprint density at radius 2 is 2.00 bits per heavy atom. The second kappa shape index (κ2) is 8.89. The van der Waals surface area contributed by atoms with Gasteiger partial charge in [0.05, 0.1) is 0 Å². The molecule has 0 N–H and O–H groups in total. The third-order valence-electron chi connectivity index (χ3n) is 7.43. The molecule has 0 bridgehead atoms. The number of nitrogens with zero attached hydrogens (tertiary/aromatic N) is 3. The number of likely N-dealkylation sites (tertiary alicyclic amines) is 1. The Morgan fingerprint density at radius 3 is 2.81 bits per heavy atom. The lowest BCUT2D eigenvalue weighted by atomic mass is 9.71. The van der Waals surface area contributed by atoms with Crippen molar-refractivity contribution in [3.63, 3.8) is 0 Å². The fraction of sp³-hybridized carbons (Fsp3) is 0.407. The molecule has 5 rings (SSSR count). The Hall–Kier alpha value is -2.95. The van der Waals surface area contributed by atoms with Gasteiger partial charge in [-0.2, -0.15) is 0 Å². The third-order valence-corrected chi connectivity index (χ3v) is 7.43. The molecule has 1 aliphatic heterocycles. The molecule has 1 aromatic heterocycles. The molecule has 1 saturated heterocycles. The lowest BCUT2D eigenvalue weighted by molar-refractivity contribution is 0.0780. The summed E-state index contributed by atoms with van der Waals surface area (Å²) in [7, 11) is 0. The van der Waals surface area contributed by atoms with Crippen molar-refractivity contribution in [2.24, 2.45) is 17.8 Å². The summed E-state index contributed by atoms with van der Waals surface area (Å²) in [6.45, 7) is 4.27. The zero-order valence-corrected chi connectivity index (χ0v) is 18.6. The molecule has 4 nitrogen and oxygen atoms in total. The topological polar surface area (TPSA) is 38.1 Å². The Balaban J connectivity index is 1.32. The van der Waals surface area contributed by atoms with Crippen molar-refractivity contribution in [1.82, 2.24) is 14.5 Å². The van der Waals surface area contributed by atoms with Crippen LogP contribution in [-0.4, -0.2) is 33.4 Å². The van der Waals surface area contributed by atoms with E-state index in [1.165, 1.54) is 18.9 Å². The quantitative estimate of drug-likeness (QED) is 0.563. The molecule has 0 spiro atoms. The molecule has 3 aromatic rings. The van der Waals surface area contributed by atoms with Gasteiger partial charge in [-0.1, -0.05) is 36.8 Å². The molecular formula is C27H30FN3O. The Bertz CT molecular complexity index is 1110. The number of benzene rings is 2. The molecule has 5 heteroatoms. The van der Waals surface area contributed by atoms with E-state index < -0.39 is 0 Å². The maximum absolute atomic E-state index is 13.7. The van der Waals surface area contributed by atoms with Gasteiger partial charge < -0.3 is 9.47 Å². The summed E-state index contributed by atoms with van der Waals surface area (Å²) in [6, 6.07) is 14.9. The molecule has 0 radical (unpaired) electrons. The number of imidazole rings is 1. The number of rotatable bonds is 5. The lowest BCUT2D eigenvalue weighted by Gasteiger charge is -2.33. The highest BCUT2D eigenvalue weighted by Crippen LogP contribution is 2.42. The molecule has 2 heterocycles. The van der Waals surface area contributed by atoms with E-state index in [0.717, 1.165) is 48.4 Å². The van der Waals surface area contributed by atoms with Gasteiger partial charge in [0.25, 0.3) is 5.91 Å². The van der Waals surface area contributed by atoms with E-state index in [9.17, 15) is 9.18 Å². The summed E-state index contributed by atoms with van der Waals surface area (Å²) in [4.78, 5) is 20.0. The van der Waals surface area contributed by atoms with Crippen LogP contribution in [0.4, 0.5) is 4.39 Å². The van der Waals surface area contributed by atoms with Crippen molar-refractivity contribution in [2.75, 3.05) is 13.1 Å². The minimum atomic E-state index is -0.164. The number of aromatic nitrogens is 2. The van der Waals surface area contributed by atoms with E-state index in [0.29, 0.717) is 24.3 Å². The van der Waals surface area contributed by atoms with E-state index in [2.05, 4.69) is 14.5 Å². The van der Waals surface area contributed by atoms with Gasteiger partial charge in [-0.25, -0.2) is 9.37 Å². The van der Waals surface area contributed by atoms with Crippen LogP contribution >= 0.6 is 0 Å². The minimum absolute atomic E-state index is 0.136. The highest BCUT2D eigenvalue weighted by atomic mass is 19.1. The maximum atomic E-state index is 13.7. The van der Waals surface area contributed by atoms with Gasteiger partial charge in [0.15, 0.2) is 0 Å². The summed E-state index contributed by atoms with van der Waals surface area (Å²) in [5.41, 5.74) is 2.90. The first-order valence-electron chi connectivity index (χ1n) is 11.7. The molecule has 1 saturated carbocycles. The average molecular weight is 432 g/mol. The first-order valence-corrected chi connectivity index (χ1v) is 11.7. The van der Waals surface area contributed by atoms with E-state index in [1.807, 2.05) is 43.5 Å². The van der Waals surface area contributed by atoms with Crippen LogP contribution in [-0.2, 0) is 13.0 Å². The molecule has 1 amide bonds. The molecule has 0 unspecified atom stereocenters. The second-order valence-corrected chi connectivity index (χ2v) is 9.42. The molecule has 2 aliphatic rings. The molecule has 2 fully saturated rings. The van der Waals surface area contributed by atoms with E-state index >= 15 is 0 Å². The normalized spacial score (nSPS) is 22.7. The SMILES string of the molecule is Cc1nccn1Cc1ccccc1C(=O)N1C[C@H]2CCC[C@H](Cc3cccc(F)c3)[C@H]2C1. The van der Waals surface area contributed by atoms with Crippen molar-refractivity contribution in [3.05, 3.63) is 89.3 Å². The monoisotopic (exact) mass is 431 g/mol. The molecule has 2 aromatic carbocycles. The summed E-state index contributed by atoms with van der Waals surface area (Å²) in [6.07, 6.45) is 8.19. The summed E-state index contributed by atoms with van der Waals surface area (Å²) in [5.74, 6) is 2.48. The zero-order chi connectivity index (χ0) is 22.1. The molecular weight excluding hydrogens is 401 g/mol. The Kier molecular flexibility index (Phi) is 5.81. The average Bonchev–Trinajstić information content (AvgIpc) is 3.41. The highest BCUT2D eigenvalue weighted by Gasteiger charge is 2.42. The number of amides is 1. The fourth-order valence-electron chi connectivity index (χ4n) is 5.77. The van der Waals surface area contributed by atoms with Gasteiger partial charge in [0.2, 0.25) is 0 Å². The summed E-state index contributed by atoms with van der Waals surface area (Å²) in [5, 5.41) is 0. The Morgan fingerprint density at radius 1 is 1.12 bits per heavy atom. The molecule has 32 heavy (non-hydrogen) atoms. The molecule has 3 atom stereocenters. The highest BCUT2D eigenvalue weighted by molar-refractivity contribution is 5.96. The number of carbonyl (C=O) groups is 1. The van der Waals surface area contributed by atoms with Crippen LogP contribution in [0.15, 0.2) is 60.9 Å².